The van der Waals surface area contributed by atoms with Crippen LogP contribution in [-0.2, 0) is 0 Å². The molecule has 0 unspecified atom stereocenters. The van der Waals surface area contributed by atoms with E-state index in [9.17, 15) is 9.90 Å². The molecule has 0 saturated heterocycles. The minimum atomic E-state index is -0.554. The number of nitrogens with zero attached hydrogens (tertiary/aromatic N) is 1. The predicted molar refractivity (Wildman–Crippen MR) is 56.3 cm³/mol. The number of fused-ring (bicyclic) bond motifs is 1. The SMILES string of the molecule is N#Cc1c(O)c2c[c]([Bi])ccc2[nH]c1=O. The van der Waals surface area contributed by atoms with E-state index in [1.165, 1.54) is 0 Å². The average molecular weight is 394 g/mol. The summed E-state index contributed by atoms with van der Waals surface area (Å²) in [5, 5.41) is 18.9. The van der Waals surface area contributed by atoms with Crippen molar-refractivity contribution in [2.24, 2.45) is 0 Å². The quantitative estimate of drug-likeness (QED) is 0.613. The van der Waals surface area contributed by atoms with Gasteiger partial charge in [-0.3, -0.25) is 0 Å². The molecule has 72 valence electrons. The first-order valence-electron chi connectivity index (χ1n) is 4.11. The van der Waals surface area contributed by atoms with Crippen LogP contribution in [0, 0.1) is 11.3 Å². The van der Waals surface area contributed by atoms with Crippen LogP contribution in [-0.4, -0.2) is 34.8 Å². The second-order valence-electron chi connectivity index (χ2n) is 3.02. The Hall–Kier alpha value is -1.40. The van der Waals surface area contributed by atoms with Gasteiger partial charge in [-0.15, -0.1) is 0 Å². The molecule has 0 amide bonds. The van der Waals surface area contributed by atoms with E-state index in [1.54, 1.807) is 18.2 Å². The Morgan fingerprint density at radius 2 is 2.20 bits per heavy atom. The van der Waals surface area contributed by atoms with E-state index in [4.69, 9.17) is 5.26 Å². The first kappa shape index (κ1) is 10.1. The van der Waals surface area contributed by atoms with Gasteiger partial charge in [0.05, 0.1) is 0 Å². The van der Waals surface area contributed by atoms with Gasteiger partial charge in [-0.05, 0) is 0 Å². The zero-order valence-electron chi connectivity index (χ0n) is 7.48. The third-order valence-electron chi connectivity index (χ3n) is 2.08. The summed E-state index contributed by atoms with van der Waals surface area (Å²) in [6.45, 7) is 0. The fourth-order valence-electron chi connectivity index (χ4n) is 1.37. The van der Waals surface area contributed by atoms with Crippen LogP contribution in [0.5, 0.6) is 5.75 Å². The molecule has 2 rings (SSSR count). The van der Waals surface area contributed by atoms with Gasteiger partial charge >= 0.3 is 100 Å². The molecule has 0 saturated carbocycles. The molecule has 1 aromatic heterocycles. The number of benzene rings is 1. The fourth-order valence-corrected chi connectivity index (χ4v) is 2.16. The number of aromatic hydroxyl groups is 1. The van der Waals surface area contributed by atoms with Crippen LogP contribution in [0.1, 0.15) is 5.56 Å². The van der Waals surface area contributed by atoms with Crippen molar-refractivity contribution in [2.45, 2.75) is 0 Å². The van der Waals surface area contributed by atoms with Crippen LogP contribution in [0.2, 0.25) is 0 Å². The summed E-state index contributed by atoms with van der Waals surface area (Å²) in [5.74, 6) is -0.232. The molecule has 5 heteroatoms. The molecule has 2 aromatic rings. The summed E-state index contributed by atoms with van der Waals surface area (Å²) in [6.07, 6.45) is 0. The topological polar surface area (TPSA) is 76.9 Å². The molecule has 4 nitrogen and oxygen atoms in total. The molecular formula is C10H5BiN2O2. The van der Waals surface area contributed by atoms with Gasteiger partial charge in [0.15, 0.2) is 0 Å². The van der Waals surface area contributed by atoms with E-state index in [0.717, 1.165) is 28.0 Å². The van der Waals surface area contributed by atoms with Crippen LogP contribution >= 0.6 is 0 Å². The Morgan fingerprint density at radius 1 is 1.47 bits per heavy atom. The first-order chi connectivity index (χ1) is 7.13. The molecule has 0 spiro atoms. The number of H-pyrrole nitrogens is 1. The van der Waals surface area contributed by atoms with E-state index < -0.39 is 5.56 Å². The molecular weight excluding hydrogens is 389 g/mol. The number of hydrogen-bond acceptors (Lipinski definition) is 3. The van der Waals surface area contributed by atoms with Crippen molar-refractivity contribution in [1.29, 1.82) is 5.26 Å². The van der Waals surface area contributed by atoms with Gasteiger partial charge in [-0.25, -0.2) is 0 Å². The van der Waals surface area contributed by atoms with Crippen LogP contribution in [0.25, 0.3) is 10.9 Å². The number of nitriles is 1. The third-order valence-corrected chi connectivity index (χ3v) is 3.16. The van der Waals surface area contributed by atoms with Crippen molar-refractivity contribution in [3.05, 3.63) is 34.1 Å². The maximum atomic E-state index is 11.3. The summed E-state index contributed by atoms with van der Waals surface area (Å²) in [5.41, 5.74) is -0.237. The Balaban J connectivity index is 3.00. The Kier molecular flexibility index (Phi) is 2.46. The molecule has 1 heterocycles. The van der Waals surface area contributed by atoms with E-state index in [0.29, 0.717) is 10.9 Å². The second-order valence-corrected chi connectivity index (χ2v) is 5.03. The zero-order chi connectivity index (χ0) is 11.0. The molecule has 0 atom stereocenters. The van der Waals surface area contributed by atoms with Gasteiger partial charge in [-0.1, -0.05) is 0 Å². The molecule has 2 N–H and O–H groups in total. The number of aromatic amines is 1. The molecule has 0 bridgehead atoms. The number of nitrogens with one attached hydrogen (secondary N) is 1. The molecule has 0 aliphatic rings. The van der Waals surface area contributed by atoms with Crippen LogP contribution < -0.4 is 8.83 Å². The normalized spacial score (nSPS) is 10.1. The standard InChI is InChI=1S/C10H5N2O2.Bi/c11-5-7-9(13)6-3-1-2-4-8(6)12-10(7)14;/h2-4H,(H2,12,13,14);. The number of hydrogen-bond donors (Lipinski definition) is 2. The predicted octanol–water partition coefficient (Wildman–Crippen LogP) is -0.101. The van der Waals surface area contributed by atoms with Crippen molar-refractivity contribution in [3.63, 3.8) is 0 Å². The molecule has 1 aromatic carbocycles. The molecule has 0 aliphatic carbocycles. The minimum absolute atomic E-state index is 0.230. The van der Waals surface area contributed by atoms with Gasteiger partial charge in [0.2, 0.25) is 0 Å². The van der Waals surface area contributed by atoms with Gasteiger partial charge in [0.1, 0.15) is 0 Å². The van der Waals surface area contributed by atoms with Crippen LogP contribution in [0.15, 0.2) is 23.0 Å². The summed E-state index contributed by atoms with van der Waals surface area (Å²) >= 11 is 1.06. The molecule has 2 radical (unpaired) electrons. The van der Waals surface area contributed by atoms with Crippen molar-refractivity contribution in [1.82, 2.24) is 4.98 Å². The molecule has 0 aliphatic heterocycles. The number of rotatable bonds is 0. The van der Waals surface area contributed by atoms with Gasteiger partial charge in [0.25, 0.3) is 0 Å². The van der Waals surface area contributed by atoms with Crippen LogP contribution in [0.4, 0.5) is 0 Å². The first-order valence-corrected chi connectivity index (χ1v) is 5.85. The fraction of sp³-hybridized carbons (Fsp3) is 0. The van der Waals surface area contributed by atoms with Crippen molar-refractivity contribution in [2.75, 3.05) is 0 Å². The van der Waals surface area contributed by atoms with E-state index in [1.807, 2.05) is 6.07 Å². The van der Waals surface area contributed by atoms with E-state index in [-0.39, 0.29) is 11.3 Å². The summed E-state index contributed by atoms with van der Waals surface area (Å²) < 4.78 is 1.06. The molecule has 15 heavy (non-hydrogen) atoms. The van der Waals surface area contributed by atoms with Crippen molar-refractivity contribution in [3.8, 4) is 11.8 Å². The second kappa shape index (κ2) is 3.64. The number of aromatic nitrogens is 1. The summed E-state index contributed by atoms with van der Waals surface area (Å²) in [6, 6.07) is 7.07. The van der Waals surface area contributed by atoms with Crippen molar-refractivity contribution < 1.29 is 5.11 Å². The average Bonchev–Trinajstić information content (AvgIpc) is 2.20. The van der Waals surface area contributed by atoms with Crippen molar-refractivity contribution >= 4 is 38.9 Å². The van der Waals surface area contributed by atoms with Crippen LogP contribution in [0.3, 0.4) is 0 Å². The third kappa shape index (κ3) is 1.62. The summed E-state index contributed by atoms with van der Waals surface area (Å²) in [4.78, 5) is 13.9. The van der Waals surface area contributed by atoms with Gasteiger partial charge in [0, 0.05) is 0 Å². The zero-order valence-corrected chi connectivity index (χ0v) is 11.0. The Bertz CT molecular complexity index is 640. The maximum absolute atomic E-state index is 11.3. The Morgan fingerprint density at radius 3 is 2.87 bits per heavy atom. The number of pyridine rings is 1. The Labute approximate surface area is 100 Å². The van der Waals surface area contributed by atoms with Gasteiger partial charge < -0.3 is 0 Å². The molecule has 0 fully saturated rings. The van der Waals surface area contributed by atoms with Gasteiger partial charge in [-0.2, -0.15) is 0 Å². The summed E-state index contributed by atoms with van der Waals surface area (Å²) in [7, 11) is 0. The van der Waals surface area contributed by atoms with E-state index >= 15 is 0 Å². The monoisotopic (exact) mass is 394 g/mol. The van der Waals surface area contributed by atoms with E-state index in [2.05, 4.69) is 4.98 Å².